The Labute approximate surface area is 149 Å². The molecule has 2 heterocycles. The van der Waals surface area contributed by atoms with Gasteiger partial charge in [-0.25, -0.2) is 4.98 Å². The summed E-state index contributed by atoms with van der Waals surface area (Å²) in [6, 6.07) is 7.06. The van der Waals surface area contributed by atoms with Crippen LogP contribution in [0.25, 0.3) is 0 Å². The van der Waals surface area contributed by atoms with Crippen molar-refractivity contribution in [2.24, 2.45) is 0 Å². The lowest BCUT2D eigenvalue weighted by molar-refractivity contribution is -0.124. The Morgan fingerprint density at radius 2 is 2.12 bits per heavy atom. The minimum absolute atomic E-state index is 0.0808. The van der Waals surface area contributed by atoms with Gasteiger partial charge < -0.3 is 10.2 Å². The number of carbonyl (C=O) groups is 2. The molecule has 2 aromatic rings. The number of thioether (sulfide) groups is 1. The first-order chi connectivity index (χ1) is 11.6. The van der Waals surface area contributed by atoms with Gasteiger partial charge in [0.2, 0.25) is 5.91 Å². The molecule has 24 heavy (non-hydrogen) atoms. The molecule has 0 saturated carbocycles. The van der Waals surface area contributed by atoms with Gasteiger partial charge in [-0.05, 0) is 25.5 Å². The van der Waals surface area contributed by atoms with Crippen LogP contribution in [0.2, 0.25) is 0 Å². The molecule has 7 heteroatoms. The Hall–Kier alpha value is -1.86. The topological polar surface area (TPSA) is 62.3 Å². The predicted molar refractivity (Wildman–Crippen MR) is 97.2 cm³/mol. The standard InChI is InChI=1S/C17H19N3O2S2/c1-11-5-3-4-6-14(11)17(22)20-10-23-9-15(20)16(21)18-7-13-8-24-12(2)19-13/h3-6,8,15H,7,9-10H2,1-2H3,(H,18,21)/t15-/m1/s1. The molecule has 1 fully saturated rings. The zero-order valence-corrected chi connectivity index (χ0v) is 15.2. The fraction of sp³-hybridized carbons (Fsp3) is 0.353. The number of carbonyl (C=O) groups excluding carboxylic acids is 2. The maximum absolute atomic E-state index is 12.8. The minimum atomic E-state index is -0.429. The van der Waals surface area contributed by atoms with Crippen LogP contribution in [-0.2, 0) is 11.3 Å². The molecule has 1 aliphatic rings. The van der Waals surface area contributed by atoms with Gasteiger partial charge in [0, 0.05) is 16.7 Å². The van der Waals surface area contributed by atoms with Gasteiger partial charge in [0.25, 0.3) is 5.91 Å². The van der Waals surface area contributed by atoms with E-state index in [0.717, 1.165) is 16.3 Å². The maximum Gasteiger partial charge on any atom is 0.255 e. The van der Waals surface area contributed by atoms with E-state index in [1.807, 2.05) is 43.5 Å². The number of aryl methyl sites for hydroxylation is 2. The Bertz CT molecular complexity index is 760. The van der Waals surface area contributed by atoms with Crippen LogP contribution >= 0.6 is 23.1 Å². The van der Waals surface area contributed by atoms with Crippen LogP contribution in [0.1, 0.15) is 26.6 Å². The van der Waals surface area contributed by atoms with E-state index in [4.69, 9.17) is 0 Å². The van der Waals surface area contributed by atoms with Gasteiger partial charge in [-0.1, -0.05) is 18.2 Å². The Balaban J connectivity index is 1.67. The van der Waals surface area contributed by atoms with Crippen molar-refractivity contribution >= 4 is 34.9 Å². The van der Waals surface area contributed by atoms with E-state index in [-0.39, 0.29) is 11.8 Å². The van der Waals surface area contributed by atoms with Crippen molar-refractivity contribution in [3.05, 3.63) is 51.5 Å². The van der Waals surface area contributed by atoms with Crippen molar-refractivity contribution in [3.8, 4) is 0 Å². The smallest absolute Gasteiger partial charge is 0.255 e. The van der Waals surface area contributed by atoms with E-state index in [1.54, 1.807) is 28.0 Å². The van der Waals surface area contributed by atoms with Gasteiger partial charge >= 0.3 is 0 Å². The fourth-order valence-corrected chi connectivity index (χ4v) is 4.38. The van der Waals surface area contributed by atoms with Gasteiger partial charge in [0.15, 0.2) is 0 Å². The molecule has 1 aliphatic heterocycles. The van der Waals surface area contributed by atoms with Crippen LogP contribution in [0.5, 0.6) is 0 Å². The summed E-state index contributed by atoms with van der Waals surface area (Å²) in [5.41, 5.74) is 2.44. The van der Waals surface area contributed by atoms with E-state index in [0.29, 0.717) is 23.7 Å². The summed E-state index contributed by atoms with van der Waals surface area (Å²) in [5.74, 6) is 0.969. The van der Waals surface area contributed by atoms with Crippen molar-refractivity contribution in [2.45, 2.75) is 26.4 Å². The summed E-state index contributed by atoms with van der Waals surface area (Å²) in [7, 11) is 0. The zero-order valence-electron chi connectivity index (χ0n) is 13.6. The van der Waals surface area contributed by atoms with Crippen LogP contribution in [0.15, 0.2) is 29.6 Å². The highest BCUT2D eigenvalue weighted by atomic mass is 32.2. The van der Waals surface area contributed by atoms with Gasteiger partial charge in [0.05, 0.1) is 23.1 Å². The quantitative estimate of drug-likeness (QED) is 0.909. The number of aromatic nitrogens is 1. The summed E-state index contributed by atoms with van der Waals surface area (Å²) in [6.07, 6.45) is 0. The number of nitrogens with one attached hydrogen (secondary N) is 1. The second-order valence-corrected chi connectivity index (χ2v) is 7.74. The molecule has 1 atom stereocenters. The van der Waals surface area contributed by atoms with Gasteiger partial charge in [-0.3, -0.25) is 9.59 Å². The third kappa shape index (κ3) is 3.62. The van der Waals surface area contributed by atoms with Crippen LogP contribution in [0.3, 0.4) is 0 Å². The first kappa shape index (κ1) is 17.0. The van der Waals surface area contributed by atoms with Crippen LogP contribution in [0.4, 0.5) is 0 Å². The normalized spacial score (nSPS) is 17.1. The molecular formula is C17H19N3O2S2. The van der Waals surface area contributed by atoms with E-state index in [1.165, 1.54) is 0 Å². The Morgan fingerprint density at radius 3 is 2.83 bits per heavy atom. The SMILES string of the molecule is Cc1nc(CNC(=O)[C@H]2CSCN2C(=O)c2ccccc2C)cs1. The molecule has 3 rings (SSSR count). The summed E-state index contributed by atoms with van der Waals surface area (Å²) in [6.45, 7) is 4.25. The van der Waals surface area contributed by atoms with Crippen molar-refractivity contribution in [3.63, 3.8) is 0 Å². The van der Waals surface area contributed by atoms with E-state index in [2.05, 4.69) is 10.3 Å². The molecule has 0 radical (unpaired) electrons. The molecular weight excluding hydrogens is 342 g/mol. The summed E-state index contributed by atoms with van der Waals surface area (Å²) in [5, 5.41) is 5.82. The third-order valence-electron chi connectivity index (χ3n) is 3.93. The molecule has 1 N–H and O–H groups in total. The summed E-state index contributed by atoms with van der Waals surface area (Å²) >= 11 is 3.17. The lowest BCUT2D eigenvalue weighted by atomic mass is 10.1. The number of benzene rings is 1. The summed E-state index contributed by atoms with van der Waals surface area (Å²) in [4.78, 5) is 31.3. The van der Waals surface area contributed by atoms with Crippen molar-refractivity contribution in [1.29, 1.82) is 0 Å². The monoisotopic (exact) mass is 361 g/mol. The lowest BCUT2D eigenvalue weighted by Gasteiger charge is -2.23. The molecule has 0 aliphatic carbocycles. The van der Waals surface area contributed by atoms with Gasteiger partial charge in [0.1, 0.15) is 6.04 Å². The highest BCUT2D eigenvalue weighted by Crippen LogP contribution is 2.24. The predicted octanol–water partition coefficient (Wildman–Crippen LogP) is 2.59. The number of nitrogens with zero attached hydrogens (tertiary/aromatic N) is 2. The number of amides is 2. The minimum Gasteiger partial charge on any atom is -0.349 e. The number of thiazole rings is 1. The second kappa shape index (κ2) is 7.36. The first-order valence-corrected chi connectivity index (χ1v) is 9.73. The Kier molecular flexibility index (Phi) is 5.20. The zero-order chi connectivity index (χ0) is 17.1. The fourth-order valence-electron chi connectivity index (χ4n) is 2.61. The number of hydrogen-bond acceptors (Lipinski definition) is 5. The molecule has 0 spiro atoms. The number of rotatable bonds is 4. The molecule has 1 aromatic carbocycles. The Morgan fingerprint density at radius 1 is 1.33 bits per heavy atom. The largest absolute Gasteiger partial charge is 0.349 e. The van der Waals surface area contributed by atoms with Crippen molar-refractivity contribution < 1.29 is 9.59 Å². The van der Waals surface area contributed by atoms with Crippen LogP contribution in [-0.4, -0.2) is 39.4 Å². The van der Waals surface area contributed by atoms with E-state index >= 15 is 0 Å². The van der Waals surface area contributed by atoms with Crippen molar-refractivity contribution in [1.82, 2.24) is 15.2 Å². The molecule has 0 bridgehead atoms. The van der Waals surface area contributed by atoms with Crippen LogP contribution in [0, 0.1) is 13.8 Å². The maximum atomic E-state index is 12.8. The van der Waals surface area contributed by atoms with Gasteiger partial charge in [-0.2, -0.15) is 0 Å². The number of hydrogen-bond donors (Lipinski definition) is 1. The van der Waals surface area contributed by atoms with Gasteiger partial charge in [-0.15, -0.1) is 23.1 Å². The van der Waals surface area contributed by atoms with Crippen molar-refractivity contribution in [2.75, 3.05) is 11.6 Å². The molecule has 5 nitrogen and oxygen atoms in total. The third-order valence-corrected chi connectivity index (χ3v) is 5.77. The molecule has 126 valence electrons. The average Bonchev–Trinajstić information content (AvgIpc) is 3.21. The summed E-state index contributed by atoms with van der Waals surface area (Å²) < 4.78 is 0. The lowest BCUT2D eigenvalue weighted by Crippen LogP contribution is -2.47. The first-order valence-electron chi connectivity index (χ1n) is 7.69. The second-order valence-electron chi connectivity index (χ2n) is 5.68. The average molecular weight is 361 g/mol. The molecule has 1 aromatic heterocycles. The highest BCUT2D eigenvalue weighted by Gasteiger charge is 2.35. The molecule has 1 saturated heterocycles. The highest BCUT2D eigenvalue weighted by molar-refractivity contribution is 7.99. The molecule has 2 amide bonds. The van der Waals surface area contributed by atoms with E-state index in [9.17, 15) is 9.59 Å². The molecule has 0 unspecified atom stereocenters. The van der Waals surface area contributed by atoms with Crippen LogP contribution < -0.4 is 5.32 Å². The van der Waals surface area contributed by atoms with E-state index < -0.39 is 6.04 Å².